The van der Waals surface area contributed by atoms with Crippen molar-refractivity contribution in [2.45, 2.75) is 45.2 Å². The number of para-hydroxylation sites is 1. The molecule has 5 heterocycles. The lowest BCUT2D eigenvalue weighted by molar-refractivity contribution is 0.0951. The molecule has 0 radical (unpaired) electrons. The molecule has 0 bridgehead atoms. The molecule has 2 aliphatic rings. The smallest absolute Gasteiger partial charge is 0.258 e. The van der Waals surface area contributed by atoms with Crippen molar-refractivity contribution in [1.29, 1.82) is 0 Å². The number of benzene rings is 1. The zero-order valence-corrected chi connectivity index (χ0v) is 23.6. The summed E-state index contributed by atoms with van der Waals surface area (Å²) in [7, 11) is 2.11. The molecule has 1 atom stereocenters. The van der Waals surface area contributed by atoms with Gasteiger partial charge in [-0.2, -0.15) is 0 Å². The summed E-state index contributed by atoms with van der Waals surface area (Å²) in [5.74, 6) is -0.694. The van der Waals surface area contributed by atoms with E-state index in [9.17, 15) is 9.59 Å². The van der Waals surface area contributed by atoms with E-state index in [2.05, 4.69) is 36.0 Å². The molecule has 2 saturated heterocycles. The first-order valence-electron chi connectivity index (χ1n) is 13.9. The molecule has 2 aliphatic heterocycles. The molecule has 1 N–H and O–H groups in total. The maximum atomic E-state index is 15.6. The maximum Gasteiger partial charge on any atom is 0.258 e. The lowest BCUT2D eigenvalue weighted by atomic mass is 10.1. The van der Waals surface area contributed by atoms with Crippen molar-refractivity contribution in [3.63, 3.8) is 0 Å². The van der Waals surface area contributed by atoms with Gasteiger partial charge >= 0.3 is 0 Å². The van der Waals surface area contributed by atoms with E-state index in [4.69, 9.17) is 4.98 Å². The monoisotopic (exact) mass is 550 g/mol. The molecule has 1 amide bonds. The third kappa shape index (κ3) is 4.68. The van der Waals surface area contributed by atoms with E-state index in [1.165, 1.54) is 17.4 Å². The predicted octanol–water partition coefficient (Wildman–Crippen LogP) is 3.95. The average Bonchev–Trinajstić information content (AvgIpc) is 3.51. The third-order valence-corrected chi connectivity index (χ3v) is 9.50. The van der Waals surface area contributed by atoms with Gasteiger partial charge in [0.2, 0.25) is 5.43 Å². The molecule has 10 heteroatoms. The van der Waals surface area contributed by atoms with E-state index in [1.54, 1.807) is 0 Å². The number of likely N-dealkylation sites (tertiary alicyclic amines) is 1. The van der Waals surface area contributed by atoms with Crippen LogP contribution in [0.4, 0.5) is 10.2 Å². The van der Waals surface area contributed by atoms with E-state index < -0.39 is 17.2 Å². The fraction of sp³-hybridized carbons (Fsp3) is 0.483. The zero-order valence-electron chi connectivity index (χ0n) is 22.7. The molecule has 3 aromatic heterocycles. The number of thiazole rings is 1. The van der Waals surface area contributed by atoms with E-state index in [-0.39, 0.29) is 16.8 Å². The molecule has 0 saturated carbocycles. The van der Waals surface area contributed by atoms with Crippen LogP contribution in [-0.2, 0) is 0 Å². The number of hydrogen-bond acceptors (Lipinski definition) is 7. The number of pyridine rings is 2. The highest BCUT2D eigenvalue weighted by molar-refractivity contribution is 7.24. The Kier molecular flexibility index (Phi) is 7.03. The normalized spacial score (nSPS) is 19.2. The number of aromatic nitrogens is 2. The van der Waals surface area contributed by atoms with Crippen molar-refractivity contribution in [2.24, 2.45) is 0 Å². The summed E-state index contributed by atoms with van der Waals surface area (Å²) in [6, 6.07) is 9.92. The molecular formula is C29H35FN6O2S. The second-order valence-corrected chi connectivity index (χ2v) is 12.0. The van der Waals surface area contributed by atoms with Gasteiger partial charge in [0.15, 0.2) is 17.3 Å². The van der Waals surface area contributed by atoms with Crippen LogP contribution < -0.4 is 15.6 Å². The first-order chi connectivity index (χ1) is 18.8. The molecule has 2 fully saturated rings. The van der Waals surface area contributed by atoms with E-state index in [0.29, 0.717) is 42.2 Å². The van der Waals surface area contributed by atoms with E-state index in [1.807, 2.05) is 33.6 Å². The standard InChI is InChI=1S/C29H35FN6O2S/c1-18(2)34-13-15-35(16-14-34)27-21(30)17-20-25(37)24(28(38)31-11-10-19-7-6-12-33(19)3)29-36(26(20)32-27)22-8-4-5-9-23(22)39-29/h4-5,8-9,17-19H,6-7,10-16H2,1-3H3,(H,31,38). The Labute approximate surface area is 231 Å². The lowest BCUT2D eigenvalue weighted by Gasteiger charge is -2.37. The molecule has 6 rings (SSSR count). The Hall–Kier alpha value is -3.08. The molecule has 0 spiro atoms. The van der Waals surface area contributed by atoms with Gasteiger partial charge in [-0.25, -0.2) is 9.37 Å². The fourth-order valence-electron chi connectivity index (χ4n) is 6.06. The number of nitrogens with zero attached hydrogens (tertiary/aromatic N) is 5. The van der Waals surface area contributed by atoms with Crippen LogP contribution in [0.5, 0.6) is 0 Å². The summed E-state index contributed by atoms with van der Waals surface area (Å²) >= 11 is 1.39. The fourth-order valence-corrected chi connectivity index (χ4v) is 7.24. The van der Waals surface area contributed by atoms with Crippen LogP contribution in [0.25, 0.3) is 26.1 Å². The molecule has 0 aliphatic carbocycles. The van der Waals surface area contributed by atoms with Gasteiger partial charge in [0.25, 0.3) is 5.91 Å². The van der Waals surface area contributed by atoms with Crippen LogP contribution in [0.2, 0.25) is 0 Å². The molecule has 8 nitrogen and oxygen atoms in total. The summed E-state index contributed by atoms with van der Waals surface area (Å²) in [5.41, 5.74) is 0.815. The number of carbonyl (C=O) groups is 1. The minimum Gasteiger partial charge on any atom is -0.352 e. The summed E-state index contributed by atoms with van der Waals surface area (Å²) in [5, 5.41) is 3.10. The number of anilines is 1. The predicted molar refractivity (Wildman–Crippen MR) is 156 cm³/mol. The number of hydrogen-bond donors (Lipinski definition) is 1. The number of piperazine rings is 1. The van der Waals surface area contributed by atoms with Gasteiger partial charge in [-0.3, -0.25) is 18.9 Å². The highest BCUT2D eigenvalue weighted by Crippen LogP contribution is 2.32. The number of amides is 1. The number of halogens is 1. The van der Waals surface area contributed by atoms with Crippen LogP contribution in [0.15, 0.2) is 35.1 Å². The zero-order chi connectivity index (χ0) is 27.3. The number of carbonyl (C=O) groups excluding carboxylic acids is 1. The molecule has 1 aromatic carbocycles. The first-order valence-corrected chi connectivity index (χ1v) is 14.7. The Balaban J connectivity index is 1.43. The topological polar surface area (TPSA) is 73.2 Å². The summed E-state index contributed by atoms with van der Waals surface area (Å²) in [6.45, 7) is 8.84. The Morgan fingerprint density at radius 2 is 1.95 bits per heavy atom. The summed E-state index contributed by atoms with van der Waals surface area (Å²) in [6.07, 6.45) is 3.11. The van der Waals surface area contributed by atoms with Gasteiger partial charge in [0, 0.05) is 44.8 Å². The van der Waals surface area contributed by atoms with Gasteiger partial charge in [-0.1, -0.05) is 12.1 Å². The average molecular weight is 551 g/mol. The van der Waals surface area contributed by atoms with Crippen LogP contribution in [0.1, 0.15) is 43.5 Å². The first kappa shape index (κ1) is 26.2. The van der Waals surface area contributed by atoms with Crippen molar-refractivity contribution >= 4 is 49.1 Å². The number of rotatable bonds is 6. The SMILES string of the molecule is CC(C)N1CCN(c2nc3c(cc2F)c(=O)c(C(=O)NCCC2CCCN2C)c2sc4ccccc4n23)CC1. The highest BCUT2D eigenvalue weighted by Gasteiger charge is 2.27. The molecule has 206 valence electrons. The van der Waals surface area contributed by atoms with Crippen LogP contribution in [0, 0.1) is 5.82 Å². The van der Waals surface area contributed by atoms with E-state index in [0.717, 1.165) is 49.1 Å². The van der Waals surface area contributed by atoms with Crippen molar-refractivity contribution in [1.82, 2.24) is 24.5 Å². The van der Waals surface area contributed by atoms with Crippen molar-refractivity contribution in [3.8, 4) is 0 Å². The molecule has 39 heavy (non-hydrogen) atoms. The number of fused-ring (bicyclic) bond motifs is 5. The minimum absolute atomic E-state index is 0.0583. The van der Waals surface area contributed by atoms with Crippen molar-refractivity contribution in [2.75, 3.05) is 51.2 Å². The molecular weight excluding hydrogens is 515 g/mol. The maximum absolute atomic E-state index is 15.6. The van der Waals surface area contributed by atoms with Crippen LogP contribution in [-0.4, -0.2) is 83.5 Å². The van der Waals surface area contributed by atoms with Crippen molar-refractivity contribution in [3.05, 3.63) is 51.9 Å². The number of nitrogens with one attached hydrogen (secondary N) is 1. The van der Waals surface area contributed by atoms with Gasteiger partial charge in [-0.15, -0.1) is 11.3 Å². The molecule has 4 aromatic rings. The van der Waals surface area contributed by atoms with E-state index >= 15 is 4.39 Å². The van der Waals surface area contributed by atoms with Gasteiger partial charge < -0.3 is 15.1 Å². The largest absolute Gasteiger partial charge is 0.352 e. The lowest BCUT2D eigenvalue weighted by Crippen LogP contribution is -2.49. The second-order valence-electron chi connectivity index (χ2n) is 11.0. The van der Waals surface area contributed by atoms with Crippen molar-refractivity contribution < 1.29 is 9.18 Å². The Bertz CT molecular complexity index is 1610. The Morgan fingerprint density at radius 3 is 2.67 bits per heavy atom. The van der Waals surface area contributed by atoms with Gasteiger partial charge in [0.1, 0.15) is 10.4 Å². The highest BCUT2D eigenvalue weighted by atomic mass is 32.1. The minimum atomic E-state index is -0.535. The second kappa shape index (κ2) is 10.5. The van der Waals surface area contributed by atoms with Gasteiger partial charge in [0.05, 0.1) is 15.6 Å². The Morgan fingerprint density at radius 1 is 1.18 bits per heavy atom. The quantitative estimate of drug-likeness (QED) is 0.392. The summed E-state index contributed by atoms with van der Waals surface area (Å²) in [4.78, 5) is 39.2. The summed E-state index contributed by atoms with van der Waals surface area (Å²) < 4.78 is 18.4. The third-order valence-electron chi connectivity index (χ3n) is 8.36. The molecule has 1 unspecified atom stereocenters. The van der Waals surface area contributed by atoms with Crippen LogP contribution in [0.3, 0.4) is 0 Å². The van der Waals surface area contributed by atoms with Crippen LogP contribution >= 0.6 is 11.3 Å². The van der Waals surface area contributed by atoms with Gasteiger partial charge in [-0.05, 0) is 64.9 Å².